The number of nitrogens with one attached hydrogen (secondary N) is 1. The highest BCUT2D eigenvalue weighted by atomic mass is 16.6. The van der Waals surface area contributed by atoms with Crippen LogP contribution in [0.25, 0.3) is 0 Å². The van der Waals surface area contributed by atoms with Crippen LogP contribution in [0.2, 0.25) is 0 Å². The van der Waals surface area contributed by atoms with Crippen molar-refractivity contribution in [2.24, 2.45) is 0 Å². The number of benzene rings is 2. The normalized spacial score (nSPS) is 10.3. The Labute approximate surface area is 145 Å². The molecule has 0 fully saturated rings. The summed E-state index contributed by atoms with van der Waals surface area (Å²) in [5, 5.41) is 14.6. The van der Waals surface area contributed by atoms with Gasteiger partial charge in [-0.05, 0) is 17.7 Å². The van der Waals surface area contributed by atoms with E-state index < -0.39 is 4.92 Å². The van der Waals surface area contributed by atoms with E-state index in [2.05, 4.69) is 15.3 Å². The number of anilines is 3. The fraction of sp³-hybridized carbons (Fsp3) is 0.111. The molecule has 3 rings (SSSR count). The summed E-state index contributed by atoms with van der Waals surface area (Å²) in [7, 11) is 1.77. The van der Waals surface area contributed by atoms with Crippen LogP contribution in [0.4, 0.5) is 23.0 Å². The Kier molecular flexibility index (Phi) is 4.84. The fourth-order valence-electron chi connectivity index (χ4n) is 2.50. The maximum atomic E-state index is 11.6. The number of nitro groups is 1. The monoisotopic (exact) mass is 335 g/mol. The minimum atomic E-state index is -0.456. The van der Waals surface area contributed by atoms with E-state index in [0.29, 0.717) is 6.54 Å². The van der Waals surface area contributed by atoms with E-state index in [1.165, 1.54) is 6.33 Å². The van der Waals surface area contributed by atoms with Gasteiger partial charge < -0.3 is 10.2 Å². The highest BCUT2D eigenvalue weighted by molar-refractivity contribution is 5.74. The lowest BCUT2D eigenvalue weighted by Crippen LogP contribution is -2.20. The third-order valence-electron chi connectivity index (χ3n) is 3.65. The average Bonchev–Trinajstić information content (AvgIpc) is 2.63. The molecule has 0 saturated carbocycles. The lowest BCUT2D eigenvalue weighted by molar-refractivity contribution is -0.383. The molecule has 0 aliphatic heterocycles. The molecule has 0 bridgehead atoms. The molecule has 0 amide bonds. The van der Waals surface area contributed by atoms with Crippen molar-refractivity contribution in [2.75, 3.05) is 17.3 Å². The molecule has 0 unspecified atom stereocenters. The minimum absolute atomic E-state index is 0.148. The number of para-hydroxylation sites is 1. The van der Waals surface area contributed by atoms with Gasteiger partial charge in [0.05, 0.1) is 4.92 Å². The Bertz CT molecular complexity index is 856. The van der Waals surface area contributed by atoms with Crippen molar-refractivity contribution >= 4 is 23.0 Å². The summed E-state index contributed by atoms with van der Waals surface area (Å²) in [6.45, 7) is 0.503. The largest absolute Gasteiger partial charge is 0.353 e. The average molecular weight is 335 g/mol. The van der Waals surface area contributed by atoms with Crippen LogP contribution in [0.15, 0.2) is 67.0 Å². The molecule has 0 aliphatic carbocycles. The zero-order valence-corrected chi connectivity index (χ0v) is 13.7. The Morgan fingerprint density at radius 3 is 2.32 bits per heavy atom. The summed E-state index contributed by atoms with van der Waals surface area (Å²) in [5.74, 6) is 0.434. The standard InChI is InChI=1S/C18H17N5O2/c1-22(12-14-8-4-2-5-9-14)18-16(23(24)25)17(19-13-20-18)21-15-10-6-3-7-11-15/h2-11,13H,12H2,1H3,(H,19,20,21). The van der Waals surface area contributed by atoms with Gasteiger partial charge in [0.1, 0.15) is 6.33 Å². The molecule has 2 aromatic carbocycles. The lowest BCUT2D eigenvalue weighted by Gasteiger charge is -2.19. The number of aromatic nitrogens is 2. The van der Waals surface area contributed by atoms with E-state index in [4.69, 9.17) is 0 Å². The van der Waals surface area contributed by atoms with Gasteiger partial charge >= 0.3 is 5.69 Å². The SMILES string of the molecule is CN(Cc1ccccc1)c1ncnc(Nc2ccccc2)c1[N+](=O)[O-]. The second kappa shape index (κ2) is 7.39. The molecule has 0 aliphatic rings. The number of nitrogens with zero attached hydrogens (tertiary/aromatic N) is 4. The van der Waals surface area contributed by atoms with Gasteiger partial charge in [0.15, 0.2) is 0 Å². The van der Waals surface area contributed by atoms with Crippen LogP contribution < -0.4 is 10.2 Å². The van der Waals surface area contributed by atoms with Crippen LogP contribution in [-0.2, 0) is 6.54 Å². The Morgan fingerprint density at radius 1 is 1.04 bits per heavy atom. The second-order valence-electron chi connectivity index (χ2n) is 5.48. The van der Waals surface area contributed by atoms with Crippen LogP contribution in [0.5, 0.6) is 0 Å². The van der Waals surface area contributed by atoms with E-state index in [9.17, 15) is 10.1 Å². The highest BCUT2D eigenvalue weighted by Gasteiger charge is 2.25. The van der Waals surface area contributed by atoms with Gasteiger partial charge in [-0.15, -0.1) is 0 Å². The van der Waals surface area contributed by atoms with Crippen LogP contribution >= 0.6 is 0 Å². The summed E-state index contributed by atoms with van der Waals surface area (Å²) in [4.78, 5) is 21.1. The molecule has 25 heavy (non-hydrogen) atoms. The van der Waals surface area contributed by atoms with Crippen molar-refractivity contribution in [3.05, 3.63) is 82.7 Å². The molecule has 7 heteroatoms. The zero-order valence-electron chi connectivity index (χ0n) is 13.7. The quantitative estimate of drug-likeness (QED) is 0.545. The third kappa shape index (κ3) is 3.89. The molecular formula is C18H17N5O2. The first-order valence-electron chi connectivity index (χ1n) is 7.71. The topological polar surface area (TPSA) is 84.2 Å². The lowest BCUT2D eigenvalue weighted by atomic mass is 10.2. The molecule has 0 atom stereocenters. The van der Waals surface area contributed by atoms with Gasteiger partial charge in [0, 0.05) is 19.3 Å². The number of rotatable bonds is 6. The fourth-order valence-corrected chi connectivity index (χ4v) is 2.50. The molecular weight excluding hydrogens is 318 g/mol. The van der Waals surface area contributed by atoms with Crippen molar-refractivity contribution in [3.63, 3.8) is 0 Å². The van der Waals surface area contributed by atoms with Crippen molar-refractivity contribution in [3.8, 4) is 0 Å². The molecule has 1 aromatic heterocycles. The number of hydrogen-bond acceptors (Lipinski definition) is 6. The van der Waals surface area contributed by atoms with E-state index >= 15 is 0 Å². The predicted molar refractivity (Wildman–Crippen MR) is 97.0 cm³/mol. The summed E-state index contributed by atoms with van der Waals surface area (Å²) in [6.07, 6.45) is 1.33. The van der Waals surface area contributed by atoms with Gasteiger partial charge in [0.25, 0.3) is 0 Å². The smallest absolute Gasteiger partial charge is 0.349 e. The molecule has 0 saturated heterocycles. The third-order valence-corrected chi connectivity index (χ3v) is 3.65. The Hall–Kier alpha value is -3.48. The first-order valence-corrected chi connectivity index (χ1v) is 7.71. The predicted octanol–water partition coefficient (Wildman–Crippen LogP) is 3.76. The highest BCUT2D eigenvalue weighted by Crippen LogP contribution is 2.33. The maximum Gasteiger partial charge on any atom is 0.353 e. The van der Waals surface area contributed by atoms with E-state index in [1.54, 1.807) is 11.9 Å². The van der Waals surface area contributed by atoms with Crippen LogP contribution in [0.3, 0.4) is 0 Å². The summed E-state index contributed by atoms with van der Waals surface area (Å²) < 4.78 is 0. The van der Waals surface area contributed by atoms with Gasteiger partial charge in [-0.3, -0.25) is 10.1 Å². The van der Waals surface area contributed by atoms with Crippen molar-refractivity contribution in [2.45, 2.75) is 6.54 Å². The molecule has 126 valence electrons. The van der Waals surface area contributed by atoms with E-state index in [-0.39, 0.29) is 17.3 Å². The van der Waals surface area contributed by atoms with Crippen molar-refractivity contribution in [1.29, 1.82) is 0 Å². The van der Waals surface area contributed by atoms with Gasteiger partial charge in [-0.25, -0.2) is 9.97 Å². The zero-order chi connectivity index (χ0) is 17.6. The Morgan fingerprint density at radius 2 is 1.68 bits per heavy atom. The number of hydrogen-bond donors (Lipinski definition) is 1. The van der Waals surface area contributed by atoms with Crippen LogP contribution in [-0.4, -0.2) is 21.9 Å². The first kappa shape index (κ1) is 16.4. The minimum Gasteiger partial charge on any atom is -0.349 e. The van der Waals surface area contributed by atoms with E-state index in [1.807, 2.05) is 60.7 Å². The van der Waals surface area contributed by atoms with Crippen molar-refractivity contribution < 1.29 is 4.92 Å². The van der Waals surface area contributed by atoms with Crippen LogP contribution in [0, 0.1) is 10.1 Å². The summed E-state index contributed by atoms with van der Waals surface area (Å²) in [6, 6.07) is 18.9. The molecule has 7 nitrogen and oxygen atoms in total. The summed E-state index contributed by atoms with van der Waals surface area (Å²) >= 11 is 0. The molecule has 1 heterocycles. The van der Waals surface area contributed by atoms with Crippen molar-refractivity contribution in [1.82, 2.24) is 9.97 Å². The summed E-state index contributed by atoms with van der Waals surface area (Å²) in [5.41, 5.74) is 1.61. The maximum absolute atomic E-state index is 11.6. The molecule has 0 radical (unpaired) electrons. The van der Waals surface area contributed by atoms with Gasteiger partial charge in [-0.2, -0.15) is 0 Å². The molecule has 3 aromatic rings. The van der Waals surface area contributed by atoms with E-state index in [0.717, 1.165) is 11.3 Å². The van der Waals surface area contributed by atoms with Gasteiger partial charge in [-0.1, -0.05) is 48.5 Å². The van der Waals surface area contributed by atoms with Gasteiger partial charge in [0.2, 0.25) is 11.6 Å². The Balaban J connectivity index is 1.93. The van der Waals surface area contributed by atoms with Crippen LogP contribution in [0.1, 0.15) is 5.56 Å². The second-order valence-corrected chi connectivity index (χ2v) is 5.48. The molecule has 1 N–H and O–H groups in total. The first-order chi connectivity index (χ1) is 12.1. The molecule has 0 spiro atoms.